The SMILES string of the molecule is C=C(C)CCC(C)C1C(O)C(O)C2C3=CC(=O)C4=C[C@@H](O)[C@H](O)C[C@]4(CO)C3CC[C@@]21C. The third-order valence-corrected chi connectivity index (χ3v) is 9.26. The van der Waals surface area contributed by atoms with Crippen LogP contribution in [0.1, 0.15) is 52.9 Å². The topological polar surface area (TPSA) is 118 Å². The minimum atomic E-state index is -1.13. The van der Waals surface area contributed by atoms with Gasteiger partial charge in [0.2, 0.25) is 0 Å². The molecular weight excluding hydrogens is 408 g/mol. The molecule has 0 aromatic rings. The van der Waals surface area contributed by atoms with Crippen molar-refractivity contribution in [1.82, 2.24) is 0 Å². The van der Waals surface area contributed by atoms with Crippen molar-refractivity contribution in [3.8, 4) is 0 Å². The molecule has 2 fully saturated rings. The molecule has 2 saturated carbocycles. The van der Waals surface area contributed by atoms with E-state index in [4.69, 9.17) is 0 Å². The van der Waals surface area contributed by atoms with E-state index in [0.717, 1.165) is 30.4 Å². The number of carbonyl (C=O) groups excluding carboxylic acids is 1. The molecule has 6 heteroatoms. The first-order chi connectivity index (χ1) is 15.0. The predicted octanol–water partition coefficient (Wildman–Crippen LogP) is 1.90. The molecule has 0 heterocycles. The molecule has 0 bridgehead atoms. The molecule has 5 N–H and O–H groups in total. The van der Waals surface area contributed by atoms with Crippen LogP contribution in [0.15, 0.2) is 35.5 Å². The van der Waals surface area contributed by atoms with E-state index in [-0.39, 0.29) is 47.9 Å². The van der Waals surface area contributed by atoms with Crippen molar-refractivity contribution in [2.24, 2.45) is 34.5 Å². The Bertz CT molecular complexity index is 860. The van der Waals surface area contributed by atoms with Crippen LogP contribution in [0.5, 0.6) is 0 Å². The fraction of sp³-hybridized carbons (Fsp3) is 0.731. The average molecular weight is 447 g/mol. The molecule has 0 aromatic heterocycles. The Kier molecular flexibility index (Phi) is 6.09. The molecule has 178 valence electrons. The Morgan fingerprint density at radius 1 is 1.25 bits per heavy atom. The third kappa shape index (κ3) is 3.30. The van der Waals surface area contributed by atoms with E-state index >= 15 is 0 Å². The second-order valence-corrected chi connectivity index (χ2v) is 11.2. The van der Waals surface area contributed by atoms with E-state index in [1.54, 1.807) is 6.08 Å². The number of fused-ring (bicyclic) bond motifs is 5. The van der Waals surface area contributed by atoms with Crippen molar-refractivity contribution in [1.29, 1.82) is 0 Å². The van der Waals surface area contributed by atoms with Gasteiger partial charge < -0.3 is 25.5 Å². The maximum Gasteiger partial charge on any atom is 0.182 e. The highest BCUT2D eigenvalue weighted by Crippen LogP contribution is 2.66. The zero-order valence-corrected chi connectivity index (χ0v) is 19.4. The Morgan fingerprint density at radius 3 is 2.56 bits per heavy atom. The van der Waals surface area contributed by atoms with Crippen LogP contribution in [0.25, 0.3) is 0 Å². The summed E-state index contributed by atoms with van der Waals surface area (Å²) >= 11 is 0. The number of ketones is 1. The van der Waals surface area contributed by atoms with Crippen molar-refractivity contribution in [2.45, 2.75) is 77.3 Å². The lowest BCUT2D eigenvalue weighted by atomic mass is 9.48. The third-order valence-electron chi connectivity index (χ3n) is 9.26. The van der Waals surface area contributed by atoms with E-state index in [0.29, 0.717) is 12.0 Å². The molecule has 4 rings (SSSR count). The van der Waals surface area contributed by atoms with Crippen LogP contribution in [-0.4, -0.2) is 62.3 Å². The van der Waals surface area contributed by atoms with Gasteiger partial charge in [-0.05, 0) is 74.3 Å². The van der Waals surface area contributed by atoms with Crippen LogP contribution in [-0.2, 0) is 4.79 Å². The summed E-state index contributed by atoms with van der Waals surface area (Å²) in [4.78, 5) is 13.2. The van der Waals surface area contributed by atoms with Gasteiger partial charge in [0.05, 0.1) is 31.0 Å². The minimum Gasteiger partial charge on any atom is -0.395 e. The molecular formula is C26H38O6. The highest BCUT2D eigenvalue weighted by Gasteiger charge is 2.65. The molecule has 0 amide bonds. The number of aliphatic hydroxyl groups is 5. The van der Waals surface area contributed by atoms with Crippen LogP contribution in [0, 0.1) is 34.5 Å². The number of carbonyl (C=O) groups is 1. The number of hydrogen-bond acceptors (Lipinski definition) is 6. The monoisotopic (exact) mass is 446 g/mol. The lowest BCUT2D eigenvalue weighted by Crippen LogP contribution is -2.54. The summed E-state index contributed by atoms with van der Waals surface area (Å²) < 4.78 is 0. The molecule has 0 radical (unpaired) electrons. The average Bonchev–Trinajstić information content (AvgIpc) is 2.93. The number of hydrogen-bond donors (Lipinski definition) is 5. The van der Waals surface area contributed by atoms with Crippen LogP contribution in [0.4, 0.5) is 0 Å². The van der Waals surface area contributed by atoms with Gasteiger partial charge in [-0.25, -0.2) is 0 Å². The van der Waals surface area contributed by atoms with Gasteiger partial charge in [-0.1, -0.05) is 25.0 Å². The maximum atomic E-state index is 13.2. The van der Waals surface area contributed by atoms with Crippen molar-refractivity contribution in [3.63, 3.8) is 0 Å². The summed E-state index contributed by atoms with van der Waals surface area (Å²) in [5.74, 6) is -0.813. The Balaban J connectivity index is 1.75. The van der Waals surface area contributed by atoms with Gasteiger partial charge in [-0.3, -0.25) is 4.79 Å². The molecule has 6 nitrogen and oxygen atoms in total. The largest absolute Gasteiger partial charge is 0.395 e. The fourth-order valence-corrected chi connectivity index (χ4v) is 7.76. The first kappa shape index (κ1) is 23.8. The zero-order valence-electron chi connectivity index (χ0n) is 19.4. The van der Waals surface area contributed by atoms with Crippen molar-refractivity contribution < 1.29 is 30.3 Å². The summed E-state index contributed by atoms with van der Waals surface area (Å²) in [5, 5.41) is 53.4. The van der Waals surface area contributed by atoms with Gasteiger partial charge in [0, 0.05) is 16.9 Å². The van der Waals surface area contributed by atoms with Gasteiger partial charge in [0.15, 0.2) is 5.78 Å². The Hall–Kier alpha value is -1.31. The quantitative estimate of drug-likeness (QED) is 0.412. The summed E-state index contributed by atoms with van der Waals surface area (Å²) in [6, 6.07) is 0. The van der Waals surface area contributed by atoms with E-state index < -0.39 is 29.8 Å². The van der Waals surface area contributed by atoms with Gasteiger partial charge in [-0.15, -0.1) is 6.58 Å². The maximum absolute atomic E-state index is 13.2. The Labute approximate surface area is 190 Å². The van der Waals surface area contributed by atoms with Crippen LogP contribution < -0.4 is 0 Å². The molecule has 0 saturated heterocycles. The summed E-state index contributed by atoms with van der Waals surface area (Å²) in [5.41, 5.74) is 0.920. The summed E-state index contributed by atoms with van der Waals surface area (Å²) in [7, 11) is 0. The highest BCUT2D eigenvalue weighted by atomic mass is 16.3. The number of rotatable bonds is 5. The van der Waals surface area contributed by atoms with E-state index in [1.165, 1.54) is 6.08 Å². The number of aliphatic hydroxyl groups excluding tert-OH is 5. The molecule has 4 aliphatic rings. The Morgan fingerprint density at radius 2 is 1.94 bits per heavy atom. The molecule has 0 aliphatic heterocycles. The van der Waals surface area contributed by atoms with Gasteiger partial charge in [-0.2, -0.15) is 0 Å². The highest BCUT2D eigenvalue weighted by molar-refractivity contribution is 6.07. The van der Waals surface area contributed by atoms with E-state index in [2.05, 4.69) is 20.4 Å². The first-order valence-electron chi connectivity index (χ1n) is 11.9. The smallest absolute Gasteiger partial charge is 0.182 e. The zero-order chi connectivity index (χ0) is 23.6. The lowest BCUT2D eigenvalue weighted by Gasteiger charge is -2.55. The molecule has 0 spiro atoms. The number of allylic oxidation sites excluding steroid dienone is 2. The molecule has 10 atom stereocenters. The van der Waals surface area contributed by atoms with E-state index in [9.17, 15) is 30.3 Å². The van der Waals surface area contributed by atoms with Crippen LogP contribution >= 0.6 is 0 Å². The standard InChI is InChI=1S/C26H38O6/c1-13(2)5-6-14(3)21-23(31)24(32)22-15-9-18(28)17-10-19(29)20(30)11-26(17,12-27)16(15)7-8-25(21,22)4/h9-10,14,16,19-24,27,29-32H,1,5-8,11-12H2,2-4H3/t14?,16?,19-,20-,21?,22?,23?,24?,25-,26+/m1/s1. The first-order valence-corrected chi connectivity index (χ1v) is 11.9. The van der Waals surface area contributed by atoms with Crippen molar-refractivity contribution in [2.75, 3.05) is 6.61 Å². The molecule has 4 aliphatic carbocycles. The van der Waals surface area contributed by atoms with E-state index in [1.807, 2.05) is 6.92 Å². The van der Waals surface area contributed by atoms with Crippen molar-refractivity contribution in [3.05, 3.63) is 35.5 Å². The van der Waals surface area contributed by atoms with Gasteiger partial charge in [0.1, 0.15) is 0 Å². The summed E-state index contributed by atoms with van der Waals surface area (Å²) in [6.45, 7) is 9.92. The normalized spacial score (nSPS) is 46.5. The van der Waals surface area contributed by atoms with Crippen LogP contribution in [0.2, 0.25) is 0 Å². The second kappa shape index (κ2) is 8.17. The van der Waals surface area contributed by atoms with Gasteiger partial charge in [0.25, 0.3) is 0 Å². The second-order valence-electron chi connectivity index (χ2n) is 11.2. The van der Waals surface area contributed by atoms with Gasteiger partial charge >= 0.3 is 0 Å². The molecule has 0 aromatic carbocycles. The van der Waals surface area contributed by atoms with Crippen LogP contribution in [0.3, 0.4) is 0 Å². The summed E-state index contributed by atoms with van der Waals surface area (Å²) in [6.07, 6.45) is 2.20. The van der Waals surface area contributed by atoms with Crippen molar-refractivity contribution >= 4 is 5.78 Å². The fourth-order valence-electron chi connectivity index (χ4n) is 7.76. The molecule has 6 unspecified atom stereocenters. The minimum absolute atomic E-state index is 0.102. The predicted molar refractivity (Wildman–Crippen MR) is 120 cm³/mol. The molecule has 32 heavy (non-hydrogen) atoms. The lowest BCUT2D eigenvalue weighted by molar-refractivity contribution is -0.117.